The van der Waals surface area contributed by atoms with Crippen LogP contribution in [0.3, 0.4) is 0 Å². The van der Waals surface area contributed by atoms with Crippen molar-refractivity contribution in [2.24, 2.45) is 41.4 Å². The van der Waals surface area contributed by atoms with Crippen LogP contribution < -0.4 is 21.3 Å². The number of hydrogen-bond donors (Lipinski definition) is 11. The van der Waals surface area contributed by atoms with E-state index in [0.717, 1.165) is 136 Å². The number of amides is 11. The Morgan fingerprint density at radius 3 is 0.967 bits per heavy atom. The molecule has 7 aromatic rings. The first-order chi connectivity index (χ1) is 70.7. The smallest absolute Gasteiger partial charge is 0.411 e. The van der Waals surface area contributed by atoms with Gasteiger partial charge in [-0.2, -0.15) is 0 Å². The summed E-state index contributed by atoms with van der Waals surface area (Å²) in [7, 11) is 5.13. The second-order valence-electron chi connectivity index (χ2n) is 42.6. The molecule has 11 N–H and O–H groups in total. The van der Waals surface area contributed by atoms with E-state index in [9.17, 15) is 61.5 Å². The number of aromatic nitrogens is 14. The Labute approximate surface area is 928 Å². The van der Waals surface area contributed by atoms with Gasteiger partial charge in [0.15, 0.2) is 0 Å². The number of aromatic amines is 7. The normalized spacial score (nSPS) is 24.6. The highest BCUT2D eigenvalue weighted by Crippen LogP contribution is 2.56. The molecule has 18 rings (SSSR count). The summed E-state index contributed by atoms with van der Waals surface area (Å²) in [6, 6.07) is -2.82. The number of H-pyrrole nitrogens is 7. The van der Waals surface area contributed by atoms with E-state index in [-0.39, 0.29) is 128 Å². The number of carbonyl (C=O) groups excluding carboxylic acids is 11. The molecule has 44 nitrogen and oxygen atoms in total. The third-order valence-electron chi connectivity index (χ3n) is 27.1. The van der Waals surface area contributed by atoms with E-state index in [1.165, 1.54) is 38.2 Å². The van der Waals surface area contributed by atoms with Crippen molar-refractivity contribution in [2.75, 3.05) is 67.8 Å². The van der Waals surface area contributed by atoms with Crippen molar-refractivity contribution >= 4 is 178 Å². The molecule has 15 heterocycles. The van der Waals surface area contributed by atoms with Crippen LogP contribution in [0, 0.1) is 41.4 Å². The monoisotopic (exact) mass is 2550 g/mol. The van der Waals surface area contributed by atoms with Crippen LogP contribution in [0.4, 0.5) is 42.3 Å². The predicted octanol–water partition coefficient (Wildman–Crippen LogP) is 18.3. The van der Waals surface area contributed by atoms with Crippen LogP contribution in [0.2, 0.25) is 0 Å². The van der Waals surface area contributed by atoms with Crippen molar-refractivity contribution in [3.05, 3.63) is 116 Å². The lowest BCUT2D eigenvalue weighted by molar-refractivity contribution is -0.138. The van der Waals surface area contributed by atoms with Crippen LogP contribution in [-0.4, -0.2) is 310 Å². The molecule has 3 aliphatic carbocycles. The van der Waals surface area contributed by atoms with Crippen molar-refractivity contribution in [2.45, 2.75) is 307 Å². The maximum atomic E-state index is 13.9. The van der Waals surface area contributed by atoms with Gasteiger partial charge in [0.2, 0.25) is 23.6 Å². The van der Waals surface area contributed by atoms with E-state index in [1.807, 2.05) is 83.9 Å². The Hall–Kier alpha value is -9.58. The first kappa shape index (κ1) is 119. The molecular formula is C97H138Br7F2N25O19. The number of nitrogens with one attached hydrogen (secondary N) is 11. The number of likely N-dealkylation sites (tertiary alicyclic amines) is 7. The Morgan fingerprint density at radius 1 is 0.347 bits per heavy atom. The van der Waals surface area contributed by atoms with Gasteiger partial charge in [-0.05, 0) is 292 Å². The SMILES string of the molecule is CC(C)(C)OC(=O)N1CCC[C@H]1c1ncc(Br)[nH]1.CC(C)(C)OC(=O)N1C[C@H](F)C[C@H]1c1ncc(Br)[nH]1.CC(C)(C)OC(=O)N1[C@@H]2C[C@@H]2C[C@H]1c1ncc(Br)[nH]1.COC(=O)N[C@H](C(=O)N1CCC[C@H]1c1ncc(Br)[nH]1)C(C)C.COC(=O)N[C@H](C(=O)N1C[C@H](F)C[C@H]1c1ncc(Br)[nH]1)C(C)C.COC(=O)N[C@H](C(=O)N1[C@@H]2C[C@@H]2C[C@H]1c1ncc(Br)[nH]1)C(C)C.COC(=O)N[C@H](C(=O)N1[C@@H]2C[C@@H]2C[C@H]1c1ncc(Br)[nH]1)C1CCOCC1. The van der Waals surface area contributed by atoms with Crippen LogP contribution in [0.25, 0.3) is 0 Å². The molecular weight excluding hydrogens is 2420 g/mol. The fraction of sp³-hybridized carbons (Fsp3) is 0.670. The quantitative estimate of drug-likeness (QED) is 0.0335. The van der Waals surface area contributed by atoms with Crippen LogP contribution in [-0.2, 0) is 57.1 Å². The molecule has 0 unspecified atom stereocenters. The third-order valence-corrected chi connectivity index (χ3v) is 29.9. The first-order valence-electron chi connectivity index (χ1n) is 50.2. The lowest BCUT2D eigenvalue weighted by Crippen LogP contribution is -2.54. The number of ether oxygens (including phenoxy) is 8. The molecule has 8 aliphatic heterocycles. The number of imidazole rings is 7. The summed E-state index contributed by atoms with van der Waals surface area (Å²) in [5, 5.41) is 10.6. The number of methoxy groups -OCH3 is 4. The van der Waals surface area contributed by atoms with E-state index in [1.54, 1.807) is 87.8 Å². The number of alkyl halides is 2. The maximum absolute atomic E-state index is 13.9. The number of alkyl carbamates (subject to hydrolysis) is 4. The van der Waals surface area contributed by atoms with Gasteiger partial charge < -0.3 is 114 Å². The van der Waals surface area contributed by atoms with Gasteiger partial charge in [0.1, 0.15) is 126 Å². The van der Waals surface area contributed by atoms with Crippen LogP contribution in [0.15, 0.2) is 75.6 Å². The average molecular weight is 2560 g/mol. The Kier molecular flexibility index (Phi) is 41.4. The Balaban J connectivity index is 0.000000156. The summed E-state index contributed by atoms with van der Waals surface area (Å²) in [6.07, 6.45) is 17.6. The van der Waals surface area contributed by atoms with Crippen molar-refractivity contribution in [1.29, 1.82) is 0 Å². The molecule has 0 spiro atoms. The second-order valence-corrected chi connectivity index (χ2v) is 48.6. The maximum Gasteiger partial charge on any atom is 0.411 e. The molecule has 11 fully saturated rings. The molecule has 0 bridgehead atoms. The van der Waals surface area contributed by atoms with Gasteiger partial charge in [-0.15, -0.1) is 0 Å². The van der Waals surface area contributed by atoms with E-state index in [0.29, 0.717) is 64.4 Å². The van der Waals surface area contributed by atoms with Crippen molar-refractivity contribution < 1.29 is 99.4 Å². The molecule has 828 valence electrons. The number of rotatable bonds is 19. The molecule has 150 heavy (non-hydrogen) atoms. The van der Waals surface area contributed by atoms with Crippen LogP contribution in [0.5, 0.6) is 0 Å². The van der Waals surface area contributed by atoms with Gasteiger partial charge >= 0.3 is 42.7 Å². The summed E-state index contributed by atoms with van der Waals surface area (Å²) in [5.41, 5.74) is -1.52. The predicted molar refractivity (Wildman–Crippen MR) is 567 cm³/mol. The molecule has 0 radical (unpaired) electrons. The lowest BCUT2D eigenvalue weighted by Gasteiger charge is -2.35. The number of halogens is 9. The second kappa shape index (κ2) is 52.1. The summed E-state index contributed by atoms with van der Waals surface area (Å²) in [6.45, 7) is 30.5. The number of hydrogen-bond acceptors (Lipinski definition) is 26. The van der Waals surface area contributed by atoms with Gasteiger partial charge in [0.25, 0.3) is 0 Å². The van der Waals surface area contributed by atoms with Gasteiger partial charge in [-0.25, -0.2) is 77.2 Å². The number of carbonyl (C=O) groups is 11. The van der Waals surface area contributed by atoms with E-state index in [2.05, 4.69) is 217 Å². The highest BCUT2D eigenvalue weighted by Gasteiger charge is 2.60. The topological polar surface area (TPSA) is 533 Å². The van der Waals surface area contributed by atoms with Gasteiger partial charge in [-0.3, -0.25) is 33.9 Å². The minimum atomic E-state index is -1.13. The van der Waals surface area contributed by atoms with Gasteiger partial charge in [-0.1, -0.05) is 41.5 Å². The zero-order chi connectivity index (χ0) is 110. The Morgan fingerprint density at radius 2 is 0.627 bits per heavy atom. The van der Waals surface area contributed by atoms with Gasteiger partial charge in [0, 0.05) is 57.3 Å². The molecule has 0 aromatic carbocycles. The standard InChI is InChI=1S/C17H23BrN4O4.C15H21BrN4O3.C14H20BrFN4O3.C14H21BrN4O3.C13H18BrN3O2.C12H17BrFN3O2.C12H18BrN3O2/c1-25-17(24)21-14(9-2-4-26-5-3-9)16(23)22-11-6-10(11)7-12(22)15-19-8-13(18)20-15;1-7(2)12(19-15(22)23-3)14(21)20-9-4-8(9)5-10(20)13-17-6-11(16)18-13;1-7(2)11(19-14(22)23-3)13(21)20-6-8(16)4-9(20)12-17-5-10(15)18-12;1-8(2)11(18-14(21)22-3)13(20)19-6-4-5-9(19)12-16-7-10(15)17-12;1-13(2,3)19-12(18)17-8-4-7(8)5-9(17)11-15-6-10(14)16-11;1-12(2,3)19-11(18)17-6-7(14)4-8(17)10-15-5-9(13)16-10;1-12(2,3)18-11(17)16-6-4-5-8(16)10-14-7-9(13)15-10/h8-12,14H,2-7H2,1H3,(H,19,20)(H,21,24);6-10,12H,4-5H2,1-3H3,(H,17,18)(H,19,22);5,7-9,11H,4,6H2,1-3H3,(H,17,18)(H,19,22);7-9,11H,4-6H2,1-3H3,(H,16,17)(H,18,21);6-9H,4-5H2,1-3H3,(H,15,16);5,7-8H,4,6H2,1-3H3,(H,15,16);7-8H,4-6H2,1-3H3,(H,14,15)/t10-,11-,12+,14+;8-,9-,10+,12+;8-,9+,11+;9-,11-;7-,8-,9+;7-,8+;8-/m1110110/s1. The summed E-state index contributed by atoms with van der Waals surface area (Å²) < 4.78 is 73.2. The van der Waals surface area contributed by atoms with Crippen molar-refractivity contribution in [1.82, 2.24) is 125 Å². The van der Waals surface area contributed by atoms with Crippen LogP contribution in [0.1, 0.15) is 277 Å². The zero-order valence-electron chi connectivity index (χ0n) is 87.4. The lowest BCUT2D eigenvalue weighted by atomic mass is 9.90. The van der Waals surface area contributed by atoms with Crippen LogP contribution >= 0.6 is 112 Å². The number of piperidine rings is 3. The minimum Gasteiger partial charge on any atom is -0.453 e. The average Bonchev–Trinajstić information content (AvgIpc) is 1.57. The number of nitrogens with zero attached hydrogens (tertiary/aromatic N) is 14. The molecule has 53 heteroatoms. The largest absolute Gasteiger partial charge is 0.453 e. The van der Waals surface area contributed by atoms with E-state index >= 15 is 0 Å². The number of fused-ring (bicyclic) bond motifs is 3. The van der Waals surface area contributed by atoms with Crippen molar-refractivity contribution in [3.63, 3.8) is 0 Å². The highest BCUT2D eigenvalue weighted by molar-refractivity contribution is 9.11. The minimum absolute atomic E-state index is 0.00819. The molecule has 11 aliphatic rings. The van der Waals surface area contributed by atoms with Crippen molar-refractivity contribution in [3.8, 4) is 0 Å². The summed E-state index contributed by atoms with van der Waals surface area (Å²) >= 11 is 23.3. The molecule has 7 aromatic heterocycles. The molecule has 11 amide bonds. The van der Waals surface area contributed by atoms with E-state index in [4.69, 9.17) is 23.7 Å². The molecule has 8 saturated heterocycles. The zero-order valence-corrected chi connectivity index (χ0v) is 98.5. The molecule has 19 atom stereocenters. The fourth-order valence-electron chi connectivity index (χ4n) is 19.8. The van der Waals surface area contributed by atoms with E-state index < -0.39 is 95.9 Å². The third kappa shape index (κ3) is 31.9. The molecule has 3 saturated carbocycles. The van der Waals surface area contributed by atoms with Gasteiger partial charge in [0.05, 0.1) is 127 Å². The summed E-state index contributed by atoms with van der Waals surface area (Å²) in [5.74, 6) is 6.05. The highest BCUT2D eigenvalue weighted by atomic mass is 79.9. The Bertz CT molecular complexity index is 5670. The first-order valence-corrected chi connectivity index (χ1v) is 55.7. The fourth-order valence-corrected chi connectivity index (χ4v) is 22.0. The summed E-state index contributed by atoms with van der Waals surface area (Å²) in [4.78, 5) is 199.